The lowest BCUT2D eigenvalue weighted by Gasteiger charge is -2.04. The second-order valence-electron chi connectivity index (χ2n) is 4.76. The molecular formula is C14H25NO4S. The van der Waals surface area contributed by atoms with Crippen molar-refractivity contribution in [1.82, 2.24) is 0 Å². The molecule has 0 aromatic rings. The Kier molecular flexibility index (Phi) is 11.4. The zero-order valence-corrected chi connectivity index (χ0v) is 13.2. The van der Waals surface area contributed by atoms with E-state index in [1.54, 1.807) is 0 Å². The summed E-state index contributed by atoms with van der Waals surface area (Å²) in [6.07, 6.45) is 7.16. The highest BCUT2D eigenvalue weighted by molar-refractivity contribution is 8.14. The zero-order valence-electron chi connectivity index (χ0n) is 12.4. The quantitative estimate of drug-likeness (QED) is 0.379. The summed E-state index contributed by atoms with van der Waals surface area (Å²) < 4.78 is 4.46. The van der Waals surface area contributed by atoms with Crippen molar-refractivity contribution in [1.29, 1.82) is 0 Å². The summed E-state index contributed by atoms with van der Waals surface area (Å²) in [6, 6.07) is -0.831. The molecule has 0 fully saturated rings. The van der Waals surface area contributed by atoms with Crippen LogP contribution in [-0.2, 0) is 19.1 Å². The summed E-state index contributed by atoms with van der Waals surface area (Å²) in [7, 11) is 0. The number of esters is 2. The average molecular weight is 303 g/mol. The van der Waals surface area contributed by atoms with Gasteiger partial charge < -0.3 is 10.5 Å². The lowest BCUT2D eigenvalue weighted by molar-refractivity contribution is -0.158. The molecule has 0 aliphatic carbocycles. The van der Waals surface area contributed by atoms with E-state index in [-0.39, 0.29) is 10.9 Å². The monoisotopic (exact) mass is 303 g/mol. The van der Waals surface area contributed by atoms with Gasteiger partial charge in [-0.1, -0.05) is 50.8 Å². The Balaban J connectivity index is 3.57. The van der Waals surface area contributed by atoms with Crippen molar-refractivity contribution in [2.75, 3.05) is 5.75 Å². The molecule has 0 unspecified atom stereocenters. The van der Waals surface area contributed by atoms with Crippen molar-refractivity contribution in [3.8, 4) is 0 Å². The zero-order chi connectivity index (χ0) is 15.4. The van der Waals surface area contributed by atoms with Crippen LogP contribution in [0.5, 0.6) is 0 Å². The number of thioether (sulfide) groups is 1. The minimum Gasteiger partial charge on any atom is -0.391 e. The third-order valence-corrected chi connectivity index (χ3v) is 3.58. The molecule has 6 heteroatoms. The fraction of sp³-hybridized carbons (Fsp3) is 0.786. The van der Waals surface area contributed by atoms with Gasteiger partial charge in [-0.15, -0.1) is 0 Å². The van der Waals surface area contributed by atoms with Gasteiger partial charge in [0.2, 0.25) is 0 Å². The highest BCUT2D eigenvalue weighted by Crippen LogP contribution is 2.12. The topological polar surface area (TPSA) is 86.5 Å². The van der Waals surface area contributed by atoms with Crippen LogP contribution in [0.1, 0.15) is 58.8 Å². The first-order valence-corrected chi connectivity index (χ1v) is 8.11. The highest BCUT2D eigenvalue weighted by Gasteiger charge is 2.15. The number of ether oxygens (including phenoxy) is 1. The summed E-state index contributed by atoms with van der Waals surface area (Å²) in [5.41, 5.74) is 5.26. The average Bonchev–Trinajstić information content (AvgIpc) is 2.40. The molecule has 0 bridgehead atoms. The van der Waals surface area contributed by atoms with Crippen LogP contribution in [0, 0.1) is 0 Å². The maximum absolute atomic E-state index is 11.5. The summed E-state index contributed by atoms with van der Waals surface area (Å²) in [6.45, 7) is 3.60. The molecule has 0 saturated heterocycles. The van der Waals surface area contributed by atoms with Gasteiger partial charge in [-0.3, -0.25) is 9.59 Å². The number of rotatable bonds is 10. The van der Waals surface area contributed by atoms with E-state index < -0.39 is 18.0 Å². The molecule has 1 atom stereocenters. The second kappa shape index (κ2) is 11.9. The van der Waals surface area contributed by atoms with E-state index in [1.807, 2.05) is 0 Å². The van der Waals surface area contributed by atoms with Gasteiger partial charge in [0.25, 0.3) is 0 Å². The van der Waals surface area contributed by atoms with Crippen LogP contribution in [0.15, 0.2) is 0 Å². The first-order chi connectivity index (χ1) is 9.47. The van der Waals surface area contributed by atoms with E-state index in [4.69, 9.17) is 5.73 Å². The molecule has 0 aromatic heterocycles. The van der Waals surface area contributed by atoms with E-state index in [0.717, 1.165) is 31.0 Å². The van der Waals surface area contributed by atoms with Gasteiger partial charge in [0.05, 0.1) is 5.75 Å². The summed E-state index contributed by atoms with van der Waals surface area (Å²) >= 11 is 0.900. The Labute approximate surface area is 125 Å². The molecule has 2 N–H and O–H groups in total. The van der Waals surface area contributed by atoms with Crippen LogP contribution in [0.3, 0.4) is 0 Å². The van der Waals surface area contributed by atoms with Gasteiger partial charge in [-0.25, -0.2) is 4.79 Å². The van der Waals surface area contributed by atoms with E-state index in [1.165, 1.54) is 26.2 Å². The molecule has 0 aliphatic heterocycles. The van der Waals surface area contributed by atoms with E-state index in [0.29, 0.717) is 6.42 Å². The van der Waals surface area contributed by atoms with Crippen LogP contribution < -0.4 is 5.73 Å². The molecule has 0 aromatic carbocycles. The normalized spacial score (nSPS) is 11.9. The number of carbonyl (C=O) groups excluding carboxylic acids is 3. The molecule has 0 saturated carbocycles. The van der Waals surface area contributed by atoms with Crippen molar-refractivity contribution in [2.24, 2.45) is 5.73 Å². The summed E-state index contributed by atoms with van der Waals surface area (Å²) in [5.74, 6) is -1.61. The Bertz CT molecular complexity index is 318. The Morgan fingerprint density at radius 2 is 1.70 bits per heavy atom. The summed E-state index contributed by atoms with van der Waals surface area (Å²) in [4.78, 5) is 33.8. The first kappa shape index (κ1) is 19.1. The van der Waals surface area contributed by atoms with Gasteiger partial charge in [-0.2, -0.15) is 0 Å². The molecule has 20 heavy (non-hydrogen) atoms. The fourth-order valence-electron chi connectivity index (χ4n) is 1.50. The molecule has 5 nitrogen and oxygen atoms in total. The van der Waals surface area contributed by atoms with Gasteiger partial charge >= 0.3 is 11.9 Å². The third-order valence-electron chi connectivity index (χ3n) is 2.67. The van der Waals surface area contributed by atoms with Gasteiger partial charge in [-0.05, 0) is 13.3 Å². The van der Waals surface area contributed by atoms with Crippen LogP contribution in [0.4, 0.5) is 0 Å². The summed E-state index contributed by atoms with van der Waals surface area (Å²) in [5, 5.41) is -0.0364. The van der Waals surface area contributed by atoms with Crippen LogP contribution in [0.2, 0.25) is 0 Å². The number of nitrogens with two attached hydrogens (primary N) is 1. The van der Waals surface area contributed by atoms with Gasteiger partial charge in [0.1, 0.15) is 6.04 Å². The Hall–Kier alpha value is -0.880. The predicted octanol–water partition coefficient (Wildman–Crippen LogP) is 2.41. The lowest BCUT2D eigenvalue weighted by Crippen LogP contribution is -2.31. The third kappa shape index (κ3) is 11.0. The highest BCUT2D eigenvalue weighted by atomic mass is 32.2. The smallest absolute Gasteiger partial charge is 0.330 e. The molecule has 0 spiro atoms. The largest absolute Gasteiger partial charge is 0.391 e. The number of carbonyl (C=O) groups is 3. The van der Waals surface area contributed by atoms with Crippen molar-refractivity contribution < 1.29 is 19.1 Å². The maximum Gasteiger partial charge on any atom is 0.330 e. The number of hydrogen-bond acceptors (Lipinski definition) is 6. The van der Waals surface area contributed by atoms with Gasteiger partial charge in [0.15, 0.2) is 5.12 Å². The maximum atomic E-state index is 11.5. The second-order valence-corrected chi connectivity index (χ2v) is 5.79. The minimum absolute atomic E-state index is 0.0364. The molecule has 0 aliphatic rings. The van der Waals surface area contributed by atoms with E-state index in [9.17, 15) is 14.4 Å². The van der Waals surface area contributed by atoms with Crippen molar-refractivity contribution in [3.63, 3.8) is 0 Å². The van der Waals surface area contributed by atoms with Gasteiger partial charge in [0, 0.05) is 6.42 Å². The van der Waals surface area contributed by atoms with Crippen molar-refractivity contribution >= 4 is 28.8 Å². The SMILES string of the molecule is CCCCCCCCC(=O)SCC(=O)OC(=O)[C@H](C)N. The Morgan fingerprint density at radius 1 is 1.10 bits per heavy atom. The molecule has 0 radical (unpaired) electrons. The lowest BCUT2D eigenvalue weighted by atomic mass is 10.1. The van der Waals surface area contributed by atoms with Crippen LogP contribution in [-0.4, -0.2) is 28.8 Å². The molecular weight excluding hydrogens is 278 g/mol. The van der Waals surface area contributed by atoms with E-state index >= 15 is 0 Å². The first-order valence-electron chi connectivity index (χ1n) is 7.13. The van der Waals surface area contributed by atoms with Crippen molar-refractivity contribution in [2.45, 2.75) is 64.8 Å². The Morgan fingerprint density at radius 3 is 2.30 bits per heavy atom. The van der Waals surface area contributed by atoms with Crippen molar-refractivity contribution in [3.05, 3.63) is 0 Å². The van der Waals surface area contributed by atoms with E-state index in [2.05, 4.69) is 11.7 Å². The minimum atomic E-state index is -0.831. The standard InChI is InChI=1S/C14H25NO4S/c1-3-4-5-6-7-8-9-13(17)20-10-12(16)19-14(18)11(2)15/h11H,3-10,15H2,1-2H3/t11-/m0/s1. The molecule has 116 valence electrons. The molecule has 0 heterocycles. The number of unbranched alkanes of at least 4 members (excludes halogenated alkanes) is 5. The molecule has 0 rings (SSSR count). The van der Waals surface area contributed by atoms with Crippen LogP contribution >= 0.6 is 11.8 Å². The molecule has 0 amide bonds. The fourth-order valence-corrected chi connectivity index (χ4v) is 2.12. The number of hydrogen-bond donors (Lipinski definition) is 1. The predicted molar refractivity (Wildman–Crippen MR) is 80.2 cm³/mol. The van der Waals surface area contributed by atoms with Crippen LogP contribution in [0.25, 0.3) is 0 Å².